The van der Waals surface area contributed by atoms with Crippen LogP contribution in [0.3, 0.4) is 0 Å². The van der Waals surface area contributed by atoms with Crippen LogP contribution >= 0.6 is 11.6 Å². The molecule has 0 aliphatic carbocycles. The van der Waals surface area contributed by atoms with Gasteiger partial charge in [0, 0.05) is 16.8 Å². The number of methoxy groups -OCH3 is 2. The van der Waals surface area contributed by atoms with Gasteiger partial charge in [-0.05, 0) is 60.4 Å². The van der Waals surface area contributed by atoms with Crippen molar-refractivity contribution in [2.75, 3.05) is 25.7 Å². The summed E-state index contributed by atoms with van der Waals surface area (Å²) in [7, 11) is 3.12. The number of anilines is 1. The van der Waals surface area contributed by atoms with Gasteiger partial charge < -0.3 is 18.6 Å². The zero-order valence-corrected chi connectivity index (χ0v) is 22.4. The summed E-state index contributed by atoms with van der Waals surface area (Å²) in [5.41, 5.74) is 1.45. The molecular formula is C30H28ClNO6. The Labute approximate surface area is 225 Å². The first-order chi connectivity index (χ1) is 18.3. The number of carbonyl (C=O) groups excluding carboxylic acids is 1. The van der Waals surface area contributed by atoms with E-state index in [4.69, 9.17) is 30.2 Å². The minimum Gasteiger partial charge on any atom is -0.497 e. The second-order valence-electron chi connectivity index (χ2n) is 9.53. The van der Waals surface area contributed by atoms with Crippen LogP contribution in [0.4, 0.5) is 5.69 Å². The van der Waals surface area contributed by atoms with Crippen molar-refractivity contribution in [3.05, 3.63) is 92.8 Å². The molecule has 0 saturated carbocycles. The minimum atomic E-state index is -0.775. The van der Waals surface area contributed by atoms with E-state index in [1.807, 2.05) is 6.07 Å². The maximum Gasteiger partial charge on any atom is 0.295 e. The Hall–Kier alpha value is -3.97. The van der Waals surface area contributed by atoms with Crippen LogP contribution < -0.4 is 24.5 Å². The zero-order chi connectivity index (χ0) is 27.0. The highest BCUT2D eigenvalue weighted by atomic mass is 35.5. The summed E-state index contributed by atoms with van der Waals surface area (Å²) < 4.78 is 23.0. The lowest BCUT2D eigenvalue weighted by atomic mass is 9.97. The van der Waals surface area contributed by atoms with E-state index >= 15 is 0 Å². The maximum absolute atomic E-state index is 13.9. The van der Waals surface area contributed by atoms with Gasteiger partial charge in [-0.2, -0.15) is 0 Å². The highest BCUT2D eigenvalue weighted by molar-refractivity contribution is 6.31. The largest absolute Gasteiger partial charge is 0.497 e. The topological polar surface area (TPSA) is 78.2 Å². The van der Waals surface area contributed by atoms with Gasteiger partial charge in [-0.3, -0.25) is 14.5 Å². The molecule has 7 nitrogen and oxygen atoms in total. The van der Waals surface area contributed by atoms with E-state index in [9.17, 15) is 9.59 Å². The lowest BCUT2D eigenvalue weighted by molar-refractivity contribution is 0.0971. The summed E-state index contributed by atoms with van der Waals surface area (Å²) in [6.45, 7) is 4.81. The Morgan fingerprint density at radius 3 is 2.53 bits per heavy atom. The maximum atomic E-state index is 13.9. The Morgan fingerprint density at radius 2 is 1.79 bits per heavy atom. The Balaban J connectivity index is 1.69. The first-order valence-electron chi connectivity index (χ1n) is 12.4. The Bertz CT molecular complexity index is 1580. The standard InChI is InChI=1S/C30H28ClNO6/c1-17(2)12-13-37-24-10-8-18(14-25(24)36-4)27-26-28(33)22-15-19(31)9-11-23(22)38-29(26)30(34)32(27)20-6-5-7-21(16-20)35-3/h5-11,14-17,27H,12-13H2,1-4H3. The number of carbonyl (C=O) groups is 1. The molecule has 1 atom stereocenters. The van der Waals surface area contributed by atoms with Crippen LogP contribution in [0.25, 0.3) is 11.0 Å². The lowest BCUT2D eigenvalue weighted by Gasteiger charge is -2.26. The summed E-state index contributed by atoms with van der Waals surface area (Å²) >= 11 is 6.20. The number of hydrogen-bond donors (Lipinski definition) is 0. The molecule has 1 aromatic heterocycles. The molecule has 1 unspecified atom stereocenters. The van der Waals surface area contributed by atoms with E-state index < -0.39 is 11.9 Å². The molecule has 38 heavy (non-hydrogen) atoms. The van der Waals surface area contributed by atoms with E-state index in [0.29, 0.717) is 57.0 Å². The van der Waals surface area contributed by atoms with Gasteiger partial charge in [0.2, 0.25) is 5.76 Å². The van der Waals surface area contributed by atoms with Crippen LogP contribution in [0.15, 0.2) is 69.9 Å². The average molecular weight is 534 g/mol. The molecule has 3 aromatic carbocycles. The zero-order valence-electron chi connectivity index (χ0n) is 21.6. The van der Waals surface area contributed by atoms with Crippen LogP contribution in [0, 0.1) is 5.92 Å². The Kier molecular flexibility index (Phi) is 7.04. The normalized spacial score (nSPS) is 14.7. The van der Waals surface area contributed by atoms with Crippen molar-refractivity contribution in [3.8, 4) is 17.2 Å². The highest BCUT2D eigenvalue weighted by Gasteiger charge is 2.44. The van der Waals surface area contributed by atoms with Gasteiger partial charge in [0.05, 0.1) is 37.8 Å². The fourth-order valence-corrected chi connectivity index (χ4v) is 4.84. The quantitative estimate of drug-likeness (QED) is 0.253. The molecule has 0 fully saturated rings. The van der Waals surface area contributed by atoms with Gasteiger partial charge >= 0.3 is 0 Å². The second-order valence-corrected chi connectivity index (χ2v) is 9.97. The summed E-state index contributed by atoms with van der Waals surface area (Å²) in [4.78, 5) is 29.2. The molecule has 0 bridgehead atoms. The van der Waals surface area contributed by atoms with Crippen molar-refractivity contribution >= 4 is 34.2 Å². The highest BCUT2D eigenvalue weighted by Crippen LogP contribution is 2.44. The van der Waals surface area contributed by atoms with Crippen LogP contribution in [-0.4, -0.2) is 26.7 Å². The Morgan fingerprint density at radius 1 is 0.974 bits per heavy atom. The number of benzene rings is 3. The average Bonchev–Trinajstić information content (AvgIpc) is 3.21. The molecule has 0 radical (unpaired) electrons. The summed E-state index contributed by atoms with van der Waals surface area (Å²) in [6, 6.07) is 16.6. The van der Waals surface area contributed by atoms with Gasteiger partial charge in [0.25, 0.3) is 5.91 Å². The van der Waals surface area contributed by atoms with Crippen LogP contribution in [0.2, 0.25) is 5.02 Å². The van der Waals surface area contributed by atoms with E-state index in [0.717, 1.165) is 6.42 Å². The molecule has 0 spiro atoms. The number of halogens is 1. The number of fused-ring (bicyclic) bond motifs is 2. The molecular weight excluding hydrogens is 506 g/mol. The lowest BCUT2D eigenvalue weighted by Crippen LogP contribution is -2.29. The molecule has 1 aliphatic rings. The van der Waals surface area contributed by atoms with E-state index in [1.165, 1.54) is 0 Å². The molecule has 0 N–H and O–H groups in total. The fourth-order valence-electron chi connectivity index (χ4n) is 4.67. The third-order valence-corrected chi connectivity index (χ3v) is 6.85. The first kappa shape index (κ1) is 25.7. The molecule has 4 aromatic rings. The fraction of sp³-hybridized carbons (Fsp3) is 0.267. The molecule has 1 aliphatic heterocycles. The van der Waals surface area contributed by atoms with Crippen molar-refractivity contribution in [2.24, 2.45) is 5.92 Å². The third-order valence-electron chi connectivity index (χ3n) is 6.62. The van der Waals surface area contributed by atoms with E-state index in [-0.39, 0.29) is 16.8 Å². The van der Waals surface area contributed by atoms with Gasteiger partial charge in [0.15, 0.2) is 16.9 Å². The molecule has 1 amide bonds. The molecule has 196 valence electrons. The number of amides is 1. The summed E-state index contributed by atoms with van der Waals surface area (Å²) in [5, 5.41) is 0.710. The summed E-state index contributed by atoms with van der Waals surface area (Å²) in [6.07, 6.45) is 0.899. The molecule has 5 rings (SSSR count). The van der Waals surface area contributed by atoms with Crippen molar-refractivity contribution in [1.29, 1.82) is 0 Å². The summed E-state index contributed by atoms with van der Waals surface area (Å²) in [5.74, 6) is 1.74. The van der Waals surface area contributed by atoms with Gasteiger partial charge in [-0.25, -0.2) is 0 Å². The monoisotopic (exact) mass is 533 g/mol. The molecule has 8 heteroatoms. The van der Waals surface area contributed by atoms with Gasteiger partial charge in [-0.15, -0.1) is 0 Å². The smallest absolute Gasteiger partial charge is 0.295 e. The first-order valence-corrected chi connectivity index (χ1v) is 12.7. The predicted molar refractivity (Wildman–Crippen MR) is 147 cm³/mol. The number of rotatable bonds is 8. The van der Waals surface area contributed by atoms with Crippen LogP contribution in [0.1, 0.15) is 48.0 Å². The van der Waals surface area contributed by atoms with Crippen LogP contribution in [-0.2, 0) is 0 Å². The second kappa shape index (κ2) is 10.4. The number of hydrogen-bond acceptors (Lipinski definition) is 6. The predicted octanol–water partition coefficient (Wildman–Crippen LogP) is 6.64. The van der Waals surface area contributed by atoms with E-state index in [1.54, 1.807) is 73.7 Å². The van der Waals surface area contributed by atoms with Gasteiger partial charge in [-0.1, -0.05) is 37.6 Å². The number of ether oxygens (including phenoxy) is 3. The number of nitrogens with zero attached hydrogens (tertiary/aromatic N) is 1. The van der Waals surface area contributed by atoms with Gasteiger partial charge in [0.1, 0.15) is 11.3 Å². The molecule has 0 saturated heterocycles. The van der Waals surface area contributed by atoms with Crippen molar-refractivity contribution in [3.63, 3.8) is 0 Å². The van der Waals surface area contributed by atoms with Crippen molar-refractivity contribution in [1.82, 2.24) is 0 Å². The van der Waals surface area contributed by atoms with Crippen molar-refractivity contribution in [2.45, 2.75) is 26.3 Å². The third kappa shape index (κ3) is 4.58. The SMILES string of the molecule is COc1cccc(N2C(=O)c3oc4ccc(Cl)cc4c(=O)c3C2c2ccc(OCCC(C)C)c(OC)c2)c1. The van der Waals surface area contributed by atoms with Crippen LogP contribution in [0.5, 0.6) is 17.2 Å². The minimum absolute atomic E-state index is 0.00568. The molecule has 2 heterocycles. The van der Waals surface area contributed by atoms with Crippen molar-refractivity contribution < 1.29 is 23.4 Å². The van der Waals surface area contributed by atoms with E-state index in [2.05, 4.69) is 13.8 Å².